The van der Waals surface area contributed by atoms with Crippen molar-refractivity contribution < 1.29 is 62.4 Å². The van der Waals surface area contributed by atoms with E-state index in [-0.39, 0.29) is 43.5 Å². The van der Waals surface area contributed by atoms with Gasteiger partial charge in [-0.25, -0.2) is 29.9 Å². The van der Waals surface area contributed by atoms with Crippen LogP contribution in [0.5, 0.6) is 46.0 Å². The molecule has 18 heteroatoms. The summed E-state index contributed by atoms with van der Waals surface area (Å²) in [4.78, 5) is 39.8. The van der Waals surface area contributed by atoms with E-state index in [4.69, 9.17) is 48.9 Å². The van der Waals surface area contributed by atoms with Gasteiger partial charge in [0.25, 0.3) is 0 Å². The predicted molar refractivity (Wildman–Crippen MR) is 340 cm³/mol. The fourth-order valence-electron chi connectivity index (χ4n) is 10.6. The van der Waals surface area contributed by atoms with Gasteiger partial charge in [-0.3, -0.25) is 17.9 Å². The number of aromatic amines is 2. The number of hydrogen-bond acceptors (Lipinski definition) is 10. The molecule has 426 valence electrons. The van der Waals surface area contributed by atoms with E-state index in [0.29, 0.717) is 143 Å². The minimum absolute atomic E-state index is 0. The van der Waals surface area contributed by atoms with Gasteiger partial charge in [-0.2, -0.15) is 0 Å². The van der Waals surface area contributed by atoms with Crippen LogP contribution in [0.2, 0.25) is 0 Å². The third-order valence-electron chi connectivity index (χ3n) is 15.1. The van der Waals surface area contributed by atoms with E-state index in [2.05, 4.69) is 143 Å². The van der Waals surface area contributed by atoms with Gasteiger partial charge < -0.3 is 52.9 Å². The zero-order chi connectivity index (χ0) is 58.5. The minimum atomic E-state index is 0. The van der Waals surface area contributed by atoms with Crippen molar-refractivity contribution in [3.63, 3.8) is 0 Å². The van der Waals surface area contributed by atoms with E-state index in [1.165, 1.54) is 0 Å². The zero-order valence-corrected chi connectivity index (χ0v) is 55.5. The quantitative estimate of drug-likeness (QED) is 0.0689. The third-order valence-corrected chi connectivity index (χ3v) is 15.1. The van der Waals surface area contributed by atoms with Crippen LogP contribution in [0.15, 0.2) is 170 Å². The molecule has 0 saturated heterocycles. The van der Waals surface area contributed by atoms with Gasteiger partial charge >= 0.3 is 19.5 Å². The van der Waals surface area contributed by atoms with Gasteiger partial charge in [-0.05, 0) is 72.8 Å². The first-order chi connectivity index (χ1) is 40.1. The Kier molecular flexibility index (Phi) is 15.4. The van der Waals surface area contributed by atoms with Crippen molar-refractivity contribution in [3.05, 3.63) is 170 Å². The molecular formula is C68H66IN12O4Zn+5. The summed E-state index contributed by atoms with van der Waals surface area (Å²) in [6.45, 7) is 0. The third kappa shape index (κ3) is 11.4. The first-order valence-electron chi connectivity index (χ1n) is 27.8. The Balaban J connectivity index is 0.00000384. The normalized spacial score (nSPS) is 12.2. The van der Waals surface area contributed by atoms with Crippen molar-refractivity contribution in [1.29, 1.82) is 0 Å². The summed E-state index contributed by atoms with van der Waals surface area (Å²) in [5, 5.41) is 2.84. The van der Waals surface area contributed by atoms with Gasteiger partial charge in [0.05, 0.1) is 106 Å². The molecule has 2 aliphatic heterocycles. The predicted octanol–water partition coefficient (Wildman–Crippen LogP) is 11.8. The number of ether oxygens (including phenoxy) is 4. The van der Waals surface area contributed by atoms with Gasteiger partial charge in [0.2, 0.25) is 0 Å². The maximum Gasteiger partial charge on any atom is 2.00 e. The van der Waals surface area contributed by atoms with Gasteiger partial charge in [0, 0.05) is 46.2 Å². The molecule has 0 unspecified atom stereocenters. The number of aromatic nitrogens is 8. The van der Waals surface area contributed by atoms with E-state index < -0.39 is 0 Å². The molecule has 0 spiro atoms. The van der Waals surface area contributed by atoms with Crippen LogP contribution in [0.25, 0.3) is 89.7 Å². The van der Waals surface area contributed by atoms with Crippen molar-refractivity contribution in [2.24, 2.45) is 0 Å². The second kappa shape index (κ2) is 22.4. The Morgan fingerprint density at radius 2 is 0.581 bits per heavy atom. The Morgan fingerprint density at radius 3 is 0.907 bits per heavy atom. The summed E-state index contributed by atoms with van der Waals surface area (Å²) in [7, 11) is 25.5. The van der Waals surface area contributed by atoms with Crippen LogP contribution in [0.1, 0.15) is 0 Å². The molecule has 3 aromatic heterocycles. The Morgan fingerprint density at radius 1 is 0.302 bits per heavy atom. The molecule has 2 N–H and O–H groups in total. The number of benzene rings is 8. The largest absolute Gasteiger partial charge is 2.00 e. The van der Waals surface area contributed by atoms with E-state index in [1.54, 1.807) is 0 Å². The van der Waals surface area contributed by atoms with Crippen LogP contribution in [0.4, 0.5) is 22.7 Å². The van der Waals surface area contributed by atoms with Gasteiger partial charge in [0.1, 0.15) is 91.3 Å². The summed E-state index contributed by atoms with van der Waals surface area (Å²) >= 11 is 0. The number of hydrogen-bond donors (Lipinski definition) is 2. The van der Waals surface area contributed by atoms with Crippen molar-refractivity contribution in [3.8, 4) is 91.5 Å². The molecule has 0 radical (unpaired) electrons. The average Bonchev–Trinajstić information content (AvgIpc) is 1.80. The molecule has 11 aromatic rings. The number of nitrogens with zero attached hydrogens (tertiary/aromatic N) is 10. The first kappa shape index (κ1) is 59.3. The van der Waals surface area contributed by atoms with Crippen molar-refractivity contribution >= 4 is 66.9 Å². The summed E-state index contributed by atoms with van der Waals surface area (Å²) in [6.07, 6.45) is 0. The number of fused-ring (bicyclic) bond motifs is 20. The molecular weight excluding hydrogens is 1240 g/mol. The standard InChI is InChI=1S/C68H66N12O4.HI.Zn/c1-77(2,3)41-21-13-25-45(37-41)81-53-33-17-29-49-57(53)65-69-61(49)74-66-59-51(31-19-35-55(59)83-47-27-15-23-43(39-47)79(7,8)9)63(71-66)76-68-60-52(32-20-36-56(60)84-48-28-16-24-44(40-48)80(10,11)12)64(72-68)75-67-58-50(62(70-67)73-65)30-18-34-54(58)82-46-26-14-22-42(38-46)78(4,5)6;;/h13-40H,1-12H3,(H2,69,70,71,72,73,74,75,76);1H;/q+4;;+2/p-1. The number of rotatable bonds is 12. The Labute approximate surface area is 529 Å². The monoisotopic (exact) mass is 1310 g/mol. The molecule has 8 aromatic carbocycles. The van der Waals surface area contributed by atoms with Gasteiger partial charge in [-0.1, -0.05) is 72.8 Å². The average molecular weight is 1310 g/mol. The molecule has 0 atom stereocenters. The molecule has 8 bridgehead atoms. The van der Waals surface area contributed by atoms with Crippen LogP contribution in [0, 0.1) is 0 Å². The SMILES string of the molecule is C[N+](C)(C)c1cccc(Oc2cccc3c2-c2nc-3nc3[nH]c(nc4nc(nc5[nH]c(n2)c2cccc(Oc6cccc([N+](C)(C)C)c6)c52)-c2cccc(Oc5cccc([N+](C)(C)C)c5)c2-4)c2cccc(Oc4cccc([N+](C)(C)C)c4)c32)c1.[I-].[Zn+2]. The van der Waals surface area contributed by atoms with Crippen LogP contribution in [0.3, 0.4) is 0 Å². The first-order valence-corrected chi connectivity index (χ1v) is 27.8. The van der Waals surface area contributed by atoms with E-state index in [1.807, 2.05) is 121 Å². The smallest absolute Gasteiger partial charge is 1.00 e. The molecule has 5 heterocycles. The Bertz CT molecular complexity index is 4360. The van der Waals surface area contributed by atoms with Crippen molar-refractivity contribution in [2.75, 3.05) is 84.6 Å². The fourth-order valence-corrected chi connectivity index (χ4v) is 10.6. The van der Waals surface area contributed by atoms with Gasteiger partial charge in [-0.15, -0.1) is 0 Å². The molecule has 0 amide bonds. The number of halogens is 1. The summed E-state index contributed by atoms with van der Waals surface area (Å²) in [6, 6.07) is 56.1. The second-order valence-corrected chi connectivity index (χ2v) is 24.8. The number of quaternary nitrogens is 4. The topological polar surface area (TPSA) is 146 Å². The summed E-state index contributed by atoms with van der Waals surface area (Å²) in [5.74, 6) is 6.42. The van der Waals surface area contributed by atoms with Crippen LogP contribution in [-0.2, 0) is 19.5 Å². The van der Waals surface area contributed by atoms with E-state index in [0.717, 1.165) is 33.5 Å². The fraction of sp³-hybridized carbons (Fsp3) is 0.176. The molecule has 2 aliphatic rings. The molecule has 13 rings (SSSR count). The number of nitrogens with one attached hydrogen (secondary N) is 2. The van der Waals surface area contributed by atoms with Crippen LogP contribution < -0.4 is 60.9 Å². The number of H-pyrrole nitrogens is 2. The second-order valence-electron chi connectivity index (χ2n) is 24.8. The van der Waals surface area contributed by atoms with E-state index in [9.17, 15) is 0 Å². The van der Waals surface area contributed by atoms with E-state index >= 15 is 0 Å². The summed E-state index contributed by atoms with van der Waals surface area (Å²) < 4.78 is 30.0. The molecule has 0 saturated carbocycles. The molecule has 0 fully saturated rings. The van der Waals surface area contributed by atoms with Crippen molar-refractivity contribution in [2.45, 2.75) is 0 Å². The van der Waals surface area contributed by atoms with Crippen LogP contribution >= 0.6 is 0 Å². The van der Waals surface area contributed by atoms with Gasteiger partial charge in [0.15, 0.2) is 23.3 Å². The van der Waals surface area contributed by atoms with Crippen molar-refractivity contribution in [1.82, 2.24) is 57.8 Å². The van der Waals surface area contributed by atoms with Crippen LogP contribution in [-0.4, -0.2) is 124 Å². The maximum absolute atomic E-state index is 6.90. The maximum atomic E-state index is 6.90. The Hall–Kier alpha value is -8.49. The summed E-state index contributed by atoms with van der Waals surface area (Å²) in [5.41, 5.74) is 8.91. The molecule has 0 aliphatic carbocycles. The molecule has 86 heavy (non-hydrogen) atoms. The molecule has 16 nitrogen and oxygen atoms in total. The zero-order valence-electron chi connectivity index (χ0n) is 50.4. The minimum Gasteiger partial charge on any atom is -1.00 e.